The van der Waals surface area contributed by atoms with Crippen molar-refractivity contribution in [3.63, 3.8) is 0 Å². The number of carbonyl (C=O) groups is 1. The zero-order chi connectivity index (χ0) is 16.9. The maximum Gasteiger partial charge on any atom is 0.255 e. The first-order valence-electron chi connectivity index (χ1n) is 8.21. The molecular formula is C19H22N2O3. The van der Waals surface area contributed by atoms with Gasteiger partial charge in [-0.05, 0) is 42.5 Å². The average Bonchev–Trinajstić information content (AvgIpc) is 2.67. The van der Waals surface area contributed by atoms with Crippen LogP contribution in [0.4, 0.5) is 0 Å². The Labute approximate surface area is 141 Å². The Hall–Kier alpha value is -2.40. The number of ether oxygens (including phenoxy) is 1. The summed E-state index contributed by atoms with van der Waals surface area (Å²) in [4.78, 5) is 18.8. The van der Waals surface area contributed by atoms with E-state index < -0.39 is 0 Å². The second-order valence-corrected chi connectivity index (χ2v) is 6.11. The minimum atomic E-state index is 0.00857. The predicted molar refractivity (Wildman–Crippen MR) is 91.9 cm³/mol. The Morgan fingerprint density at radius 1 is 1.21 bits per heavy atom. The molecule has 1 fully saturated rings. The highest BCUT2D eigenvalue weighted by molar-refractivity contribution is 5.95. The molecule has 0 spiro atoms. The van der Waals surface area contributed by atoms with Gasteiger partial charge in [-0.1, -0.05) is 12.1 Å². The molecule has 1 aromatic heterocycles. The highest BCUT2D eigenvalue weighted by atomic mass is 16.5. The molecule has 3 rings (SSSR count). The van der Waals surface area contributed by atoms with E-state index in [0.29, 0.717) is 24.6 Å². The van der Waals surface area contributed by atoms with E-state index in [2.05, 4.69) is 4.98 Å². The fourth-order valence-electron chi connectivity index (χ4n) is 3.00. The fraction of sp³-hybridized carbons (Fsp3) is 0.368. The van der Waals surface area contributed by atoms with Gasteiger partial charge in [-0.3, -0.25) is 9.78 Å². The molecule has 2 aromatic rings. The lowest BCUT2D eigenvalue weighted by Crippen LogP contribution is -2.39. The molecule has 0 saturated carbocycles. The van der Waals surface area contributed by atoms with Gasteiger partial charge in [0.1, 0.15) is 5.75 Å². The standard InChI is InChI=1S/C19H22N2O3/c1-24-18-4-2-15(3-5-18)16-10-17(12-20-11-16)19(23)21-8-6-14(13-22)7-9-21/h2-5,10-12,14,22H,6-9,13H2,1H3. The van der Waals surface area contributed by atoms with Crippen LogP contribution >= 0.6 is 0 Å². The lowest BCUT2D eigenvalue weighted by molar-refractivity contribution is 0.0650. The molecule has 5 heteroatoms. The summed E-state index contributed by atoms with van der Waals surface area (Å²) < 4.78 is 5.17. The second-order valence-electron chi connectivity index (χ2n) is 6.11. The fourth-order valence-corrected chi connectivity index (χ4v) is 3.00. The number of rotatable bonds is 4. The van der Waals surface area contributed by atoms with E-state index >= 15 is 0 Å². The van der Waals surface area contributed by atoms with Crippen LogP contribution in [0.1, 0.15) is 23.2 Å². The van der Waals surface area contributed by atoms with Crippen molar-refractivity contribution in [3.05, 3.63) is 48.3 Å². The van der Waals surface area contributed by atoms with E-state index in [0.717, 1.165) is 29.7 Å². The number of likely N-dealkylation sites (tertiary alicyclic amines) is 1. The summed E-state index contributed by atoms with van der Waals surface area (Å²) in [6.45, 7) is 1.59. The van der Waals surface area contributed by atoms with Crippen LogP contribution in [0.15, 0.2) is 42.7 Å². The van der Waals surface area contributed by atoms with Gasteiger partial charge in [0, 0.05) is 37.7 Å². The van der Waals surface area contributed by atoms with Crippen molar-refractivity contribution in [2.75, 3.05) is 26.8 Å². The number of benzene rings is 1. The summed E-state index contributed by atoms with van der Waals surface area (Å²) in [5.74, 6) is 1.12. The Morgan fingerprint density at radius 3 is 2.54 bits per heavy atom. The van der Waals surface area contributed by atoms with Gasteiger partial charge < -0.3 is 14.7 Å². The molecule has 5 nitrogen and oxygen atoms in total. The van der Waals surface area contributed by atoms with Crippen molar-refractivity contribution < 1.29 is 14.6 Å². The molecule has 0 radical (unpaired) electrons. The van der Waals surface area contributed by atoms with Crippen molar-refractivity contribution in [2.24, 2.45) is 5.92 Å². The normalized spacial score (nSPS) is 15.3. The van der Waals surface area contributed by atoms with Gasteiger partial charge in [0.25, 0.3) is 5.91 Å². The van der Waals surface area contributed by atoms with Crippen LogP contribution in [0.2, 0.25) is 0 Å². The number of aliphatic hydroxyl groups is 1. The zero-order valence-corrected chi connectivity index (χ0v) is 13.8. The van der Waals surface area contributed by atoms with E-state index in [4.69, 9.17) is 4.74 Å². The molecule has 0 bridgehead atoms. The number of methoxy groups -OCH3 is 1. The van der Waals surface area contributed by atoms with Crippen LogP contribution < -0.4 is 4.74 Å². The quantitative estimate of drug-likeness (QED) is 0.938. The van der Waals surface area contributed by atoms with Crippen LogP contribution in [-0.2, 0) is 0 Å². The van der Waals surface area contributed by atoms with E-state index in [1.807, 2.05) is 35.2 Å². The number of hydrogen-bond acceptors (Lipinski definition) is 4. The van der Waals surface area contributed by atoms with Crippen molar-refractivity contribution in [1.29, 1.82) is 0 Å². The van der Waals surface area contributed by atoms with Gasteiger partial charge >= 0.3 is 0 Å². The molecule has 1 aliphatic heterocycles. The van der Waals surface area contributed by atoms with Crippen molar-refractivity contribution in [3.8, 4) is 16.9 Å². The number of piperidine rings is 1. The van der Waals surface area contributed by atoms with Crippen LogP contribution in [0, 0.1) is 5.92 Å². The van der Waals surface area contributed by atoms with Gasteiger partial charge in [0.05, 0.1) is 12.7 Å². The number of carbonyl (C=O) groups excluding carboxylic acids is 1. The number of hydrogen-bond donors (Lipinski definition) is 1. The largest absolute Gasteiger partial charge is 0.497 e. The smallest absolute Gasteiger partial charge is 0.255 e. The number of amides is 1. The predicted octanol–water partition coefficient (Wildman–Crippen LogP) is 2.60. The minimum Gasteiger partial charge on any atom is -0.497 e. The number of pyridine rings is 1. The van der Waals surface area contributed by atoms with E-state index in [9.17, 15) is 9.90 Å². The van der Waals surface area contributed by atoms with Gasteiger partial charge in [-0.25, -0.2) is 0 Å². The summed E-state index contributed by atoms with van der Waals surface area (Å²) in [5.41, 5.74) is 2.51. The molecular weight excluding hydrogens is 304 g/mol. The maximum atomic E-state index is 12.7. The Bertz CT molecular complexity index is 692. The molecule has 1 aliphatic rings. The SMILES string of the molecule is COc1ccc(-c2cncc(C(=O)N3CCC(CO)CC3)c2)cc1. The van der Waals surface area contributed by atoms with Crippen LogP contribution in [0.25, 0.3) is 11.1 Å². The molecule has 1 amide bonds. The zero-order valence-electron chi connectivity index (χ0n) is 13.8. The van der Waals surface area contributed by atoms with Gasteiger partial charge in [0.15, 0.2) is 0 Å². The number of aliphatic hydroxyl groups excluding tert-OH is 1. The van der Waals surface area contributed by atoms with E-state index in [1.165, 1.54) is 0 Å². The van der Waals surface area contributed by atoms with Crippen molar-refractivity contribution in [1.82, 2.24) is 9.88 Å². The Morgan fingerprint density at radius 2 is 1.92 bits per heavy atom. The van der Waals surface area contributed by atoms with Crippen LogP contribution in [0.3, 0.4) is 0 Å². The third kappa shape index (κ3) is 3.57. The molecule has 0 atom stereocenters. The summed E-state index contributed by atoms with van der Waals surface area (Å²) >= 11 is 0. The number of nitrogens with zero attached hydrogens (tertiary/aromatic N) is 2. The maximum absolute atomic E-state index is 12.7. The van der Waals surface area contributed by atoms with Crippen LogP contribution in [-0.4, -0.2) is 47.7 Å². The summed E-state index contributed by atoms with van der Waals surface area (Å²) in [5, 5.41) is 9.21. The third-order valence-corrected chi connectivity index (χ3v) is 4.57. The molecule has 1 N–H and O–H groups in total. The third-order valence-electron chi connectivity index (χ3n) is 4.57. The van der Waals surface area contributed by atoms with Gasteiger partial charge in [-0.15, -0.1) is 0 Å². The molecule has 0 unspecified atom stereocenters. The first kappa shape index (κ1) is 16.5. The molecule has 126 valence electrons. The van der Waals surface area contributed by atoms with Crippen molar-refractivity contribution >= 4 is 5.91 Å². The number of aromatic nitrogens is 1. The summed E-state index contributed by atoms with van der Waals surface area (Å²) in [6, 6.07) is 9.58. The topological polar surface area (TPSA) is 62.7 Å². The highest BCUT2D eigenvalue weighted by Gasteiger charge is 2.23. The van der Waals surface area contributed by atoms with Gasteiger partial charge in [0.2, 0.25) is 0 Å². The van der Waals surface area contributed by atoms with Crippen LogP contribution in [0.5, 0.6) is 5.75 Å². The lowest BCUT2D eigenvalue weighted by atomic mass is 9.97. The molecule has 0 aliphatic carbocycles. The highest BCUT2D eigenvalue weighted by Crippen LogP contribution is 2.24. The summed E-state index contributed by atoms with van der Waals surface area (Å²) in [7, 11) is 1.63. The van der Waals surface area contributed by atoms with E-state index in [1.54, 1.807) is 19.5 Å². The lowest BCUT2D eigenvalue weighted by Gasteiger charge is -2.31. The first-order valence-corrected chi connectivity index (χ1v) is 8.21. The monoisotopic (exact) mass is 326 g/mol. The summed E-state index contributed by atoms with van der Waals surface area (Å²) in [6.07, 6.45) is 5.09. The second kappa shape index (κ2) is 7.45. The van der Waals surface area contributed by atoms with E-state index in [-0.39, 0.29) is 12.5 Å². The van der Waals surface area contributed by atoms with Gasteiger partial charge in [-0.2, -0.15) is 0 Å². The Balaban J connectivity index is 1.76. The molecule has 1 saturated heterocycles. The molecule has 1 aromatic carbocycles. The Kier molecular flexibility index (Phi) is 5.11. The molecule has 2 heterocycles. The first-order chi connectivity index (χ1) is 11.7. The van der Waals surface area contributed by atoms with Crippen molar-refractivity contribution in [2.45, 2.75) is 12.8 Å². The molecule has 24 heavy (non-hydrogen) atoms. The average molecular weight is 326 g/mol. The minimum absolute atomic E-state index is 0.00857.